The number of likely N-dealkylation sites (tertiary alicyclic amines) is 1. The van der Waals surface area contributed by atoms with Gasteiger partial charge in [-0.05, 0) is 38.3 Å². The van der Waals surface area contributed by atoms with Gasteiger partial charge >= 0.3 is 0 Å². The van der Waals surface area contributed by atoms with E-state index in [4.69, 9.17) is 0 Å². The molecule has 0 aromatic rings. The monoisotopic (exact) mass is 288 g/mol. The van der Waals surface area contributed by atoms with Gasteiger partial charge in [0.25, 0.3) is 0 Å². The Kier molecular flexibility index (Phi) is 5.26. The molecule has 0 saturated carbocycles. The third-order valence-corrected chi connectivity index (χ3v) is 6.03. The Morgan fingerprint density at radius 1 is 1.26 bits per heavy atom. The normalized spacial score (nSPS) is 31.9. The zero-order chi connectivity index (χ0) is 13.9. The molecule has 0 aromatic carbocycles. The molecule has 2 aliphatic heterocycles. The zero-order valence-electron chi connectivity index (χ0n) is 12.3. The van der Waals surface area contributed by atoms with Crippen LogP contribution in [-0.4, -0.2) is 56.5 Å². The third-order valence-electron chi connectivity index (χ3n) is 4.28. The molecule has 2 fully saturated rings. The molecule has 2 unspecified atom stereocenters. The Labute approximate surface area is 117 Å². The number of nitrogens with one attached hydrogen (secondary N) is 1. The van der Waals surface area contributed by atoms with Crippen LogP contribution in [0.4, 0.5) is 0 Å². The number of hydrogen-bond donors (Lipinski definition) is 1. The Balaban J connectivity index is 1.89. The van der Waals surface area contributed by atoms with Gasteiger partial charge in [-0.1, -0.05) is 20.3 Å². The largest absolute Gasteiger partial charge is 0.315 e. The van der Waals surface area contributed by atoms with Crippen LogP contribution in [0.15, 0.2) is 0 Å². The van der Waals surface area contributed by atoms with E-state index in [0.717, 1.165) is 26.1 Å². The molecule has 2 heterocycles. The first-order chi connectivity index (χ1) is 8.98. The summed E-state index contributed by atoms with van der Waals surface area (Å²) in [6, 6.07) is 0.807. The van der Waals surface area contributed by atoms with Crippen LogP contribution >= 0.6 is 0 Å². The fraction of sp³-hybridized carbons (Fsp3) is 1.00. The van der Waals surface area contributed by atoms with Crippen molar-refractivity contribution in [2.45, 2.75) is 51.6 Å². The maximum absolute atomic E-state index is 11.7. The van der Waals surface area contributed by atoms with Gasteiger partial charge in [0, 0.05) is 18.6 Å². The maximum atomic E-state index is 11.7. The van der Waals surface area contributed by atoms with Gasteiger partial charge in [0.15, 0.2) is 9.84 Å². The molecule has 1 N–H and O–H groups in total. The van der Waals surface area contributed by atoms with Gasteiger partial charge in [0.1, 0.15) is 0 Å². The van der Waals surface area contributed by atoms with Crippen LogP contribution in [-0.2, 0) is 9.84 Å². The van der Waals surface area contributed by atoms with Crippen molar-refractivity contribution >= 4 is 9.84 Å². The molecule has 0 spiro atoms. The number of sulfone groups is 1. The molecule has 2 aliphatic rings. The fourth-order valence-corrected chi connectivity index (χ4v) is 5.04. The summed E-state index contributed by atoms with van der Waals surface area (Å²) in [4.78, 5) is 2.47. The predicted molar refractivity (Wildman–Crippen MR) is 79.1 cm³/mol. The molecule has 0 aliphatic carbocycles. The lowest BCUT2D eigenvalue weighted by atomic mass is 9.99. The average molecular weight is 288 g/mol. The van der Waals surface area contributed by atoms with Crippen LogP contribution in [0.1, 0.15) is 39.5 Å². The minimum absolute atomic E-state index is 0.274. The van der Waals surface area contributed by atoms with E-state index in [1.807, 2.05) is 0 Å². The summed E-state index contributed by atoms with van der Waals surface area (Å²) in [6.07, 6.45) is 4.55. The summed E-state index contributed by atoms with van der Waals surface area (Å²) in [7, 11) is -2.76. The second kappa shape index (κ2) is 6.55. The minimum Gasteiger partial charge on any atom is -0.315 e. The minimum atomic E-state index is -2.76. The van der Waals surface area contributed by atoms with Gasteiger partial charge in [-0.3, -0.25) is 4.90 Å². The van der Waals surface area contributed by atoms with E-state index < -0.39 is 9.84 Å². The van der Waals surface area contributed by atoms with Gasteiger partial charge in [-0.15, -0.1) is 0 Å². The fourth-order valence-electron chi connectivity index (χ4n) is 3.30. The van der Waals surface area contributed by atoms with Crippen molar-refractivity contribution in [2.75, 3.05) is 31.1 Å². The summed E-state index contributed by atoms with van der Waals surface area (Å²) in [5.41, 5.74) is 0. The van der Waals surface area contributed by atoms with E-state index in [0.29, 0.717) is 23.5 Å². The molecular formula is C14H28N2O2S. The van der Waals surface area contributed by atoms with Crippen molar-refractivity contribution < 1.29 is 8.42 Å². The van der Waals surface area contributed by atoms with Crippen molar-refractivity contribution in [3.8, 4) is 0 Å². The molecule has 112 valence electrons. The number of hydrogen-bond acceptors (Lipinski definition) is 4. The Morgan fingerprint density at radius 3 is 2.68 bits per heavy atom. The topological polar surface area (TPSA) is 49.4 Å². The SMILES string of the molecule is CC(C)CNCC1CCCCN1C1CCS(=O)(=O)C1. The van der Waals surface area contributed by atoms with E-state index >= 15 is 0 Å². The van der Waals surface area contributed by atoms with Crippen LogP contribution < -0.4 is 5.32 Å². The summed E-state index contributed by atoms with van der Waals surface area (Å²) in [6.45, 7) is 7.57. The summed E-state index contributed by atoms with van der Waals surface area (Å²) in [5.74, 6) is 1.44. The second-order valence-electron chi connectivity index (χ2n) is 6.50. The van der Waals surface area contributed by atoms with Crippen molar-refractivity contribution in [2.24, 2.45) is 5.92 Å². The van der Waals surface area contributed by atoms with Crippen LogP contribution in [0.5, 0.6) is 0 Å². The van der Waals surface area contributed by atoms with Gasteiger partial charge in [0.2, 0.25) is 0 Å². The molecule has 19 heavy (non-hydrogen) atoms. The molecule has 2 rings (SSSR count). The second-order valence-corrected chi connectivity index (χ2v) is 8.73. The summed E-state index contributed by atoms with van der Waals surface area (Å²) < 4.78 is 23.3. The van der Waals surface area contributed by atoms with Crippen LogP contribution in [0.2, 0.25) is 0 Å². The quantitative estimate of drug-likeness (QED) is 0.828. The molecular weight excluding hydrogens is 260 g/mol. The zero-order valence-corrected chi connectivity index (χ0v) is 13.1. The Hall–Kier alpha value is -0.130. The van der Waals surface area contributed by atoms with E-state index in [1.165, 1.54) is 19.3 Å². The van der Waals surface area contributed by atoms with Gasteiger partial charge in [-0.25, -0.2) is 8.42 Å². The first-order valence-corrected chi connectivity index (χ1v) is 9.47. The first kappa shape index (κ1) is 15.3. The average Bonchev–Trinajstić information content (AvgIpc) is 2.70. The molecule has 5 heteroatoms. The Bertz CT molecular complexity index is 381. The highest BCUT2D eigenvalue weighted by molar-refractivity contribution is 7.91. The smallest absolute Gasteiger partial charge is 0.151 e. The summed E-state index contributed by atoms with van der Waals surface area (Å²) >= 11 is 0. The van der Waals surface area contributed by atoms with Crippen LogP contribution in [0.25, 0.3) is 0 Å². The molecule has 0 amide bonds. The van der Waals surface area contributed by atoms with E-state index in [1.54, 1.807) is 0 Å². The van der Waals surface area contributed by atoms with Crippen molar-refractivity contribution in [1.82, 2.24) is 10.2 Å². The lowest BCUT2D eigenvalue weighted by molar-refractivity contribution is 0.104. The molecule has 0 radical (unpaired) electrons. The number of piperidine rings is 1. The lowest BCUT2D eigenvalue weighted by Gasteiger charge is -2.39. The first-order valence-electron chi connectivity index (χ1n) is 7.65. The standard InChI is InChI=1S/C14H28N2O2S/c1-12(2)9-15-10-13-5-3-4-7-16(13)14-6-8-19(17,18)11-14/h12-15H,3-11H2,1-2H3. The third kappa shape index (κ3) is 4.43. The lowest BCUT2D eigenvalue weighted by Crippen LogP contribution is -2.51. The molecule has 4 nitrogen and oxygen atoms in total. The predicted octanol–water partition coefficient (Wildman–Crippen LogP) is 1.27. The number of rotatable bonds is 5. The summed E-state index contributed by atoms with van der Waals surface area (Å²) in [5, 5.41) is 3.54. The van der Waals surface area contributed by atoms with Gasteiger partial charge in [0.05, 0.1) is 11.5 Å². The highest BCUT2D eigenvalue weighted by atomic mass is 32.2. The van der Waals surface area contributed by atoms with Crippen LogP contribution in [0.3, 0.4) is 0 Å². The molecule has 0 aromatic heterocycles. The van der Waals surface area contributed by atoms with Crippen molar-refractivity contribution in [3.63, 3.8) is 0 Å². The Morgan fingerprint density at radius 2 is 2.05 bits per heavy atom. The van der Waals surface area contributed by atoms with Crippen molar-refractivity contribution in [3.05, 3.63) is 0 Å². The van der Waals surface area contributed by atoms with Gasteiger partial charge < -0.3 is 5.32 Å². The molecule has 0 bridgehead atoms. The highest BCUT2D eigenvalue weighted by Gasteiger charge is 2.36. The highest BCUT2D eigenvalue weighted by Crippen LogP contribution is 2.25. The van der Waals surface area contributed by atoms with E-state index in [9.17, 15) is 8.42 Å². The van der Waals surface area contributed by atoms with Gasteiger partial charge in [-0.2, -0.15) is 0 Å². The van der Waals surface area contributed by atoms with Crippen LogP contribution in [0, 0.1) is 5.92 Å². The number of nitrogens with zero attached hydrogens (tertiary/aromatic N) is 1. The molecule has 2 saturated heterocycles. The van der Waals surface area contributed by atoms with Crippen molar-refractivity contribution in [1.29, 1.82) is 0 Å². The van der Waals surface area contributed by atoms with E-state index in [2.05, 4.69) is 24.1 Å². The van der Waals surface area contributed by atoms with E-state index in [-0.39, 0.29) is 6.04 Å². The molecule has 2 atom stereocenters. The maximum Gasteiger partial charge on any atom is 0.151 e.